The number of carbonyl (C=O) groups excluding carboxylic acids is 4. The molecule has 0 aromatic rings. The summed E-state index contributed by atoms with van der Waals surface area (Å²) in [6.45, 7) is 14.1. The molecule has 89 heavy (non-hydrogen) atoms. The highest BCUT2D eigenvalue weighted by atomic mass is 31.2. The van der Waals surface area contributed by atoms with E-state index in [0.717, 1.165) is 114 Å². The zero-order valence-corrected chi connectivity index (χ0v) is 59.8. The minimum absolute atomic E-state index is 0.102. The lowest BCUT2D eigenvalue weighted by Crippen LogP contribution is -2.30. The first kappa shape index (κ1) is 87.1. The lowest BCUT2D eigenvalue weighted by molar-refractivity contribution is -0.161. The predicted molar refractivity (Wildman–Crippen MR) is 358 cm³/mol. The number of hydrogen-bond donors (Lipinski definition) is 3. The molecule has 6 atom stereocenters. The molecular weight excluding hydrogens is 1170 g/mol. The summed E-state index contributed by atoms with van der Waals surface area (Å²) in [5.74, 6) is 0.851. The monoisotopic (exact) mass is 1310 g/mol. The minimum atomic E-state index is -4.95. The van der Waals surface area contributed by atoms with Crippen molar-refractivity contribution in [3.63, 3.8) is 0 Å². The highest BCUT2D eigenvalue weighted by molar-refractivity contribution is 7.47. The number of phosphoric acid groups is 2. The first-order valence-corrected chi connectivity index (χ1v) is 39.2. The van der Waals surface area contributed by atoms with Crippen molar-refractivity contribution in [3.8, 4) is 0 Å². The van der Waals surface area contributed by atoms with Crippen molar-refractivity contribution in [3.05, 3.63) is 0 Å². The molecule has 0 amide bonds. The van der Waals surface area contributed by atoms with Gasteiger partial charge < -0.3 is 33.8 Å². The fraction of sp³-hybridized carbons (Fsp3) is 0.943. The van der Waals surface area contributed by atoms with Crippen molar-refractivity contribution in [1.29, 1.82) is 0 Å². The van der Waals surface area contributed by atoms with Gasteiger partial charge >= 0.3 is 39.5 Å². The van der Waals surface area contributed by atoms with Gasteiger partial charge in [-0.15, -0.1) is 0 Å². The quantitative estimate of drug-likeness (QED) is 0.0222. The molecule has 0 spiro atoms. The second-order valence-corrected chi connectivity index (χ2v) is 29.8. The van der Waals surface area contributed by atoms with E-state index in [1.807, 2.05) is 0 Å². The standard InChI is InChI=1S/C70H136O17P2/c1-9-63(8)49-41-33-28-29-37-45-53-70(75)87-66(57-81-68(73)51-43-35-26-21-20-24-32-40-48-62(6)7)59-85-89(78,79)83-55-64(71)54-82-88(76,77)84-58-65(86-69(74)52-44-36-27-19-15-11-13-17-23-31-39-47-61(4)5)56-80-67(72)50-42-34-25-18-14-10-12-16-22-30-38-46-60(2)3/h60-66,71H,9-59H2,1-8H3,(H,76,77)(H,78,79)/t63?,64?,65-,66-/m1/s1. The molecule has 3 N–H and O–H groups in total. The molecule has 0 aromatic heterocycles. The largest absolute Gasteiger partial charge is 0.472 e. The maximum atomic E-state index is 13.0. The van der Waals surface area contributed by atoms with Gasteiger partial charge in [-0.3, -0.25) is 37.3 Å². The van der Waals surface area contributed by atoms with E-state index < -0.39 is 97.5 Å². The van der Waals surface area contributed by atoms with Gasteiger partial charge in [0.05, 0.1) is 26.4 Å². The van der Waals surface area contributed by atoms with Crippen molar-refractivity contribution >= 4 is 39.5 Å². The lowest BCUT2D eigenvalue weighted by Gasteiger charge is -2.21. The molecule has 19 heteroatoms. The van der Waals surface area contributed by atoms with Gasteiger partial charge in [-0.1, -0.05) is 293 Å². The van der Waals surface area contributed by atoms with Gasteiger partial charge in [-0.25, -0.2) is 9.13 Å². The second kappa shape index (κ2) is 59.8. The number of aliphatic hydroxyl groups is 1. The molecule has 0 bridgehead atoms. The predicted octanol–water partition coefficient (Wildman–Crippen LogP) is 19.7. The lowest BCUT2D eigenvalue weighted by atomic mass is 10.00. The van der Waals surface area contributed by atoms with E-state index >= 15 is 0 Å². The van der Waals surface area contributed by atoms with E-state index in [-0.39, 0.29) is 25.7 Å². The van der Waals surface area contributed by atoms with Crippen LogP contribution in [-0.4, -0.2) is 96.7 Å². The molecule has 0 aromatic carbocycles. The summed E-state index contributed by atoms with van der Waals surface area (Å²) in [6, 6.07) is 0. The van der Waals surface area contributed by atoms with E-state index in [2.05, 4.69) is 55.4 Å². The Morgan fingerprint density at radius 3 is 0.798 bits per heavy atom. The molecule has 0 aliphatic carbocycles. The van der Waals surface area contributed by atoms with E-state index in [1.165, 1.54) is 148 Å². The number of phosphoric ester groups is 2. The SMILES string of the molecule is CCC(C)CCCCCCCCC(=O)O[C@H](COC(=O)CCCCCCCCCCC(C)C)COP(=O)(O)OCC(O)COP(=O)(O)OC[C@@H](COC(=O)CCCCCCCCCCCCCC(C)C)OC(=O)CCCCCCCCCCCCCC(C)C. The first-order chi connectivity index (χ1) is 42.6. The summed E-state index contributed by atoms with van der Waals surface area (Å²) in [4.78, 5) is 72.5. The van der Waals surface area contributed by atoms with Gasteiger partial charge in [-0.05, 0) is 49.4 Å². The van der Waals surface area contributed by atoms with Crippen molar-refractivity contribution in [1.82, 2.24) is 0 Å². The van der Waals surface area contributed by atoms with E-state index in [4.69, 9.17) is 37.0 Å². The van der Waals surface area contributed by atoms with Crippen LogP contribution in [0.25, 0.3) is 0 Å². The molecule has 0 saturated heterocycles. The van der Waals surface area contributed by atoms with E-state index in [0.29, 0.717) is 25.7 Å². The number of unbranched alkanes of at least 4 members (excludes halogenated alkanes) is 32. The highest BCUT2D eigenvalue weighted by Gasteiger charge is 2.30. The number of esters is 4. The maximum absolute atomic E-state index is 13.0. The van der Waals surface area contributed by atoms with Crippen LogP contribution in [0.5, 0.6) is 0 Å². The Bertz CT molecular complexity index is 1770. The molecule has 17 nitrogen and oxygen atoms in total. The topological polar surface area (TPSA) is 237 Å². The van der Waals surface area contributed by atoms with Crippen LogP contribution < -0.4 is 0 Å². The van der Waals surface area contributed by atoms with E-state index in [1.54, 1.807) is 0 Å². The average Bonchev–Trinajstić information content (AvgIpc) is 3.59. The van der Waals surface area contributed by atoms with Gasteiger partial charge in [0, 0.05) is 25.7 Å². The van der Waals surface area contributed by atoms with Crippen LogP contribution >= 0.6 is 15.6 Å². The van der Waals surface area contributed by atoms with Crippen LogP contribution in [-0.2, 0) is 65.4 Å². The van der Waals surface area contributed by atoms with Crippen molar-refractivity contribution < 1.29 is 80.2 Å². The molecule has 0 aliphatic heterocycles. The number of ether oxygens (including phenoxy) is 4. The molecule has 0 saturated carbocycles. The average molecular weight is 1310 g/mol. The molecule has 0 heterocycles. The Kier molecular flexibility index (Phi) is 58.5. The number of carbonyl (C=O) groups is 4. The zero-order chi connectivity index (χ0) is 66.1. The Balaban J connectivity index is 5.26. The number of rotatable bonds is 67. The van der Waals surface area contributed by atoms with Crippen LogP contribution in [0.1, 0.15) is 344 Å². The smallest absolute Gasteiger partial charge is 0.462 e. The summed E-state index contributed by atoms with van der Waals surface area (Å²) in [7, 11) is -9.90. The third-order valence-corrected chi connectivity index (χ3v) is 18.3. The van der Waals surface area contributed by atoms with Gasteiger partial charge in [0.25, 0.3) is 0 Å². The number of aliphatic hydroxyl groups excluding tert-OH is 1. The summed E-state index contributed by atoms with van der Waals surface area (Å²) in [5.41, 5.74) is 0. The van der Waals surface area contributed by atoms with Gasteiger partial charge in [0.15, 0.2) is 12.2 Å². The molecule has 0 rings (SSSR count). The van der Waals surface area contributed by atoms with Crippen LogP contribution in [0.2, 0.25) is 0 Å². The van der Waals surface area contributed by atoms with Gasteiger partial charge in [0.2, 0.25) is 0 Å². The van der Waals surface area contributed by atoms with Gasteiger partial charge in [-0.2, -0.15) is 0 Å². The Hall–Kier alpha value is -1.94. The maximum Gasteiger partial charge on any atom is 0.472 e. The van der Waals surface area contributed by atoms with E-state index in [9.17, 15) is 43.2 Å². The third kappa shape index (κ3) is 63.2. The van der Waals surface area contributed by atoms with Gasteiger partial charge in [0.1, 0.15) is 19.3 Å². The molecular formula is C70H136O17P2. The second-order valence-electron chi connectivity index (χ2n) is 26.9. The minimum Gasteiger partial charge on any atom is -0.462 e. The molecule has 4 unspecified atom stereocenters. The molecule has 0 radical (unpaired) electrons. The first-order valence-electron chi connectivity index (χ1n) is 36.2. The number of hydrogen-bond acceptors (Lipinski definition) is 15. The van der Waals surface area contributed by atoms with Crippen molar-refractivity contribution in [2.24, 2.45) is 23.7 Å². The summed E-state index contributed by atoms with van der Waals surface area (Å²) in [5, 5.41) is 10.6. The Morgan fingerprint density at radius 1 is 0.315 bits per heavy atom. The van der Waals surface area contributed by atoms with Crippen molar-refractivity contribution in [2.45, 2.75) is 363 Å². The fourth-order valence-corrected chi connectivity index (χ4v) is 12.0. The zero-order valence-electron chi connectivity index (χ0n) is 58.1. The summed E-state index contributed by atoms with van der Waals surface area (Å²) in [6.07, 6.45) is 41.7. The molecule has 0 fully saturated rings. The highest BCUT2D eigenvalue weighted by Crippen LogP contribution is 2.45. The summed E-state index contributed by atoms with van der Waals surface area (Å²) >= 11 is 0. The van der Waals surface area contributed by atoms with Crippen LogP contribution in [0, 0.1) is 23.7 Å². The molecule has 528 valence electrons. The van der Waals surface area contributed by atoms with Crippen LogP contribution in [0.15, 0.2) is 0 Å². The molecule has 0 aliphatic rings. The van der Waals surface area contributed by atoms with Crippen molar-refractivity contribution in [2.75, 3.05) is 39.6 Å². The fourth-order valence-electron chi connectivity index (χ4n) is 10.5. The normalized spacial score (nSPS) is 14.6. The summed E-state index contributed by atoms with van der Waals surface area (Å²) < 4.78 is 68.3. The van der Waals surface area contributed by atoms with Crippen LogP contribution in [0.4, 0.5) is 0 Å². The Morgan fingerprint density at radius 2 is 0.539 bits per heavy atom. The van der Waals surface area contributed by atoms with Crippen LogP contribution in [0.3, 0.4) is 0 Å². The third-order valence-electron chi connectivity index (χ3n) is 16.4. The Labute approximate surface area is 543 Å².